The third-order valence-electron chi connectivity index (χ3n) is 2.77. The molecular formula is C9H12FN3O5. The van der Waals surface area contributed by atoms with Gasteiger partial charge < -0.3 is 14.9 Å². The molecule has 0 amide bonds. The van der Waals surface area contributed by atoms with Gasteiger partial charge in [-0.05, 0) is 0 Å². The molecule has 0 unspecified atom stereocenters. The Morgan fingerprint density at radius 3 is 2.78 bits per heavy atom. The van der Waals surface area contributed by atoms with Crippen molar-refractivity contribution in [3.63, 3.8) is 0 Å². The topological polar surface area (TPSA) is 131 Å². The number of hydrogen-bond acceptors (Lipinski definition) is 6. The Kier molecular flexibility index (Phi) is 3.07. The minimum Gasteiger partial charge on any atom is -0.392 e. The van der Waals surface area contributed by atoms with E-state index in [2.05, 4.69) is 0 Å². The van der Waals surface area contributed by atoms with Crippen molar-refractivity contribution >= 4 is 0 Å². The minimum absolute atomic E-state index is 0.637. The Labute approximate surface area is 99.4 Å². The van der Waals surface area contributed by atoms with E-state index < -0.39 is 42.1 Å². The monoisotopic (exact) mass is 261 g/mol. The van der Waals surface area contributed by atoms with E-state index in [0.717, 1.165) is 16.8 Å². The summed E-state index contributed by atoms with van der Waals surface area (Å²) in [5.41, 5.74) is 1.81. The lowest BCUT2D eigenvalue weighted by molar-refractivity contribution is -0.116. The van der Waals surface area contributed by atoms with Crippen LogP contribution in [0.5, 0.6) is 0 Å². The molecule has 9 heteroatoms. The first kappa shape index (κ1) is 12.9. The SMILES string of the molecule is N[C@]1(CO)O[C@@H](n2ccc(=O)[nH]c2=O)[C@H](O)[C@@H]1F. The van der Waals surface area contributed by atoms with Crippen LogP contribution in [0.4, 0.5) is 4.39 Å². The van der Waals surface area contributed by atoms with Gasteiger partial charge in [-0.2, -0.15) is 0 Å². The summed E-state index contributed by atoms with van der Waals surface area (Å²) in [5.74, 6) is 0. The van der Waals surface area contributed by atoms with E-state index in [1.165, 1.54) is 0 Å². The highest BCUT2D eigenvalue weighted by atomic mass is 19.1. The largest absolute Gasteiger partial charge is 0.392 e. The minimum atomic E-state index is -2.08. The van der Waals surface area contributed by atoms with Crippen LogP contribution >= 0.6 is 0 Å². The summed E-state index contributed by atoms with van der Waals surface area (Å²) < 4.78 is 19.4. The molecule has 0 saturated carbocycles. The van der Waals surface area contributed by atoms with E-state index in [-0.39, 0.29) is 0 Å². The molecule has 1 aliphatic rings. The first-order valence-electron chi connectivity index (χ1n) is 5.10. The summed E-state index contributed by atoms with van der Waals surface area (Å²) in [7, 11) is 0. The number of halogens is 1. The van der Waals surface area contributed by atoms with Crippen molar-refractivity contribution < 1.29 is 19.3 Å². The Morgan fingerprint density at radius 2 is 2.28 bits per heavy atom. The fourth-order valence-corrected chi connectivity index (χ4v) is 1.77. The van der Waals surface area contributed by atoms with Crippen LogP contribution in [0.1, 0.15) is 6.23 Å². The van der Waals surface area contributed by atoms with E-state index in [1.807, 2.05) is 4.98 Å². The van der Waals surface area contributed by atoms with E-state index in [0.29, 0.717) is 0 Å². The van der Waals surface area contributed by atoms with Crippen molar-refractivity contribution in [1.82, 2.24) is 9.55 Å². The Morgan fingerprint density at radius 1 is 1.61 bits per heavy atom. The molecule has 100 valence electrons. The van der Waals surface area contributed by atoms with Crippen LogP contribution in [-0.2, 0) is 4.74 Å². The molecule has 1 aromatic heterocycles. The van der Waals surface area contributed by atoms with Crippen LogP contribution in [0.15, 0.2) is 21.9 Å². The van der Waals surface area contributed by atoms with Gasteiger partial charge in [0.2, 0.25) is 0 Å². The predicted molar refractivity (Wildman–Crippen MR) is 56.4 cm³/mol. The van der Waals surface area contributed by atoms with Gasteiger partial charge in [0.1, 0.15) is 6.10 Å². The Hall–Kier alpha value is -1.55. The standard InChI is InChI=1S/C9H12FN3O5/c10-6-5(16)7(18-9(6,11)3-14)13-2-1-4(15)12-8(13)17/h1-2,5-7,14,16H,3,11H2,(H,12,15,17)/t5-,6+,7-,9-/m1/s1. The zero-order valence-electron chi connectivity index (χ0n) is 9.12. The highest BCUT2D eigenvalue weighted by Crippen LogP contribution is 2.34. The molecule has 0 aromatic carbocycles. The molecule has 1 aromatic rings. The molecule has 4 atom stereocenters. The lowest BCUT2D eigenvalue weighted by Crippen LogP contribution is -2.52. The first-order valence-corrected chi connectivity index (χ1v) is 5.10. The van der Waals surface area contributed by atoms with Gasteiger partial charge in [0, 0.05) is 12.3 Å². The summed E-state index contributed by atoms with van der Waals surface area (Å²) in [6.07, 6.45) is -4.16. The second-order valence-corrected chi connectivity index (χ2v) is 4.03. The normalized spacial score (nSPS) is 35.9. The molecule has 0 radical (unpaired) electrons. The second kappa shape index (κ2) is 4.28. The molecule has 5 N–H and O–H groups in total. The number of aromatic amines is 1. The maximum Gasteiger partial charge on any atom is 0.330 e. The van der Waals surface area contributed by atoms with Gasteiger partial charge in [-0.3, -0.25) is 20.1 Å². The predicted octanol–water partition coefficient (Wildman–Crippen LogP) is -2.59. The number of aromatic nitrogens is 2. The number of aliphatic hydroxyl groups is 2. The van der Waals surface area contributed by atoms with Crippen LogP contribution in [0.25, 0.3) is 0 Å². The number of H-pyrrole nitrogens is 1. The highest BCUT2D eigenvalue weighted by molar-refractivity contribution is 4.99. The molecule has 1 saturated heterocycles. The molecule has 8 nitrogen and oxygen atoms in total. The van der Waals surface area contributed by atoms with Crippen LogP contribution in [-0.4, -0.2) is 44.4 Å². The van der Waals surface area contributed by atoms with E-state index in [4.69, 9.17) is 15.6 Å². The quantitative estimate of drug-likeness (QED) is 0.462. The van der Waals surface area contributed by atoms with Crippen molar-refractivity contribution in [3.05, 3.63) is 33.1 Å². The van der Waals surface area contributed by atoms with Gasteiger partial charge in [-0.25, -0.2) is 9.18 Å². The molecule has 0 aliphatic carbocycles. The highest BCUT2D eigenvalue weighted by Gasteiger charge is 2.54. The summed E-state index contributed by atoms with van der Waals surface area (Å²) in [5, 5.41) is 18.6. The first-order chi connectivity index (χ1) is 8.39. The molecule has 1 aliphatic heterocycles. The van der Waals surface area contributed by atoms with Gasteiger partial charge in [-0.1, -0.05) is 0 Å². The van der Waals surface area contributed by atoms with E-state index in [1.54, 1.807) is 0 Å². The van der Waals surface area contributed by atoms with Crippen molar-refractivity contribution in [1.29, 1.82) is 0 Å². The zero-order valence-corrected chi connectivity index (χ0v) is 9.12. The van der Waals surface area contributed by atoms with E-state index >= 15 is 0 Å². The molecule has 0 bridgehead atoms. The summed E-state index contributed by atoms with van der Waals surface area (Å²) in [4.78, 5) is 24.3. The molecule has 2 heterocycles. The number of ether oxygens (including phenoxy) is 1. The van der Waals surface area contributed by atoms with Crippen molar-refractivity contribution in [2.24, 2.45) is 5.73 Å². The molecule has 18 heavy (non-hydrogen) atoms. The fourth-order valence-electron chi connectivity index (χ4n) is 1.77. The van der Waals surface area contributed by atoms with Gasteiger partial charge in [-0.15, -0.1) is 0 Å². The second-order valence-electron chi connectivity index (χ2n) is 4.03. The summed E-state index contributed by atoms with van der Waals surface area (Å²) in [6.45, 7) is -0.861. The summed E-state index contributed by atoms with van der Waals surface area (Å²) >= 11 is 0. The lowest BCUT2D eigenvalue weighted by Gasteiger charge is -2.23. The average molecular weight is 261 g/mol. The van der Waals surface area contributed by atoms with Gasteiger partial charge in [0.25, 0.3) is 5.56 Å². The van der Waals surface area contributed by atoms with Gasteiger partial charge >= 0.3 is 5.69 Å². The number of nitrogens with one attached hydrogen (secondary N) is 1. The number of alkyl halides is 1. The Bertz CT molecular complexity index is 558. The number of hydrogen-bond donors (Lipinski definition) is 4. The van der Waals surface area contributed by atoms with Gasteiger partial charge in [0.15, 0.2) is 18.1 Å². The van der Waals surface area contributed by atoms with Crippen LogP contribution in [0.2, 0.25) is 0 Å². The third kappa shape index (κ3) is 1.86. The number of nitrogens with two attached hydrogens (primary N) is 1. The average Bonchev–Trinajstić information content (AvgIpc) is 2.55. The number of rotatable bonds is 2. The van der Waals surface area contributed by atoms with E-state index in [9.17, 15) is 19.1 Å². The number of nitrogens with zero attached hydrogens (tertiary/aromatic N) is 1. The fraction of sp³-hybridized carbons (Fsp3) is 0.556. The maximum absolute atomic E-state index is 13.7. The van der Waals surface area contributed by atoms with Crippen molar-refractivity contribution in [2.45, 2.75) is 24.2 Å². The van der Waals surface area contributed by atoms with Crippen LogP contribution in [0, 0.1) is 0 Å². The van der Waals surface area contributed by atoms with Crippen molar-refractivity contribution in [3.8, 4) is 0 Å². The van der Waals surface area contributed by atoms with Crippen LogP contribution in [0.3, 0.4) is 0 Å². The van der Waals surface area contributed by atoms with Crippen LogP contribution < -0.4 is 17.0 Å². The third-order valence-corrected chi connectivity index (χ3v) is 2.77. The smallest absolute Gasteiger partial charge is 0.330 e. The zero-order chi connectivity index (χ0) is 13.5. The molecule has 2 rings (SSSR count). The van der Waals surface area contributed by atoms with Gasteiger partial charge in [0.05, 0.1) is 6.61 Å². The molecule has 0 spiro atoms. The molecular weight excluding hydrogens is 249 g/mol. The summed E-state index contributed by atoms with van der Waals surface area (Å²) in [6, 6.07) is 1.01. The lowest BCUT2D eigenvalue weighted by atomic mass is 10.1. The Balaban J connectivity index is 2.41. The number of aliphatic hydroxyl groups excluding tert-OH is 2. The maximum atomic E-state index is 13.7. The molecule has 1 fully saturated rings. The van der Waals surface area contributed by atoms with Crippen molar-refractivity contribution in [2.75, 3.05) is 6.61 Å².